The van der Waals surface area contributed by atoms with E-state index < -0.39 is 7.82 Å². The largest absolute Gasteiger partial charge is 0.491 e. The molecular formula is C25H39O7P. The Morgan fingerprint density at radius 1 is 0.697 bits per heavy atom. The minimum atomic E-state index is -4.00. The van der Waals surface area contributed by atoms with Crippen LogP contribution in [0.5, 0.6) is 5.75 Å². The first-order chi connectivity index (χ1) is 16.1. The molecule has 2 aromatic carbocycles. The minimum absolute atomic E-state index is 0.00497. The van der Waals surface area contributed by atoms with Gasteiger partial charge in [-0.15, -0.1) is 0 Å². The summed E-state index contributed by atoms with van der Waals surface area (Å²) >= 11 is 0. The average molecular weight is 483 g/mol. The van der Waals surface area contributed by atoms with Crippen LogP contribution >= 0.6 is 7.82 Å². The number of hydrogen-bond donors (Lipinski definition) is 1. The molecule has 2 aromatic rings. The van der Waals surface area contributed by atoms with Gasteiger partial charge in [-0.25, -0.2) is 4.57 Å². The van der Waals surface area contributed by atoms with Crippen molar-refractivity contribution >= 4 is 18.6 Å². The molecule has 0 fully saturated rings. The molecule has 1 N–H and O–H groups in total. The van der Waals surface area contributed by atoms with Crippen LogP contribution in [0.25, 0.3) is 10.8 Å². The molecule has 33 heavy (non-hydrogen) atoms. The standard InChI is InChI=1S/C25H39O7P/c1-2-3-4-5-6-7-10-16-31-33(26,27)32-22-20-29-18-17-28-19-21-30-25-15-11-13-23-12-8-9-14-24(23)25/h8-9,11-15H,2-7,10,16-22H2,1H3,(H,26,27). The first-order valence-corrected chi connectivity index (χ1v) is 13.5. The van der Waals surface area contributed by atoms with Crippen LogP contribution in [0.1, 0.15) is 51.9 Å². The summed E-state index contributed by atoms with van der Waals surface area (Å²) in [6, 6.07) is 14.1. The molecular weight excluding hydrogens is 443 g/mol. The van der Waals surface area contributed by atoms with E-state index in [1.807, 2.05) is 30.3 Å². The van der Waals surface area contributed by atoms with Gasteiger partial charge in [0.15, 0.2) is 0 Å². The van der Waals surface area contributed by atoms with Crippen LogP contribution in [-0.2, 0) is 23.1 Å². The van der Waals surface area contributed by atoms with Gasteiger partial charge >= 0.3 is 7.82 Å². The predicted molar refractivity (Wildman–Crippen MR) is 131 cm³/mol. The molecule has 0 radical (unpaired) electrons. The molecule has 0 saturated heterocycles. The highest BCUT2D eigenvalue weighted by Crippen LogP contribution is 2.43. The topological polar surface area (TPSA) is 83.5 Å². The Bertz CT molecular complexity index is 809. The molecule has 8 heteroatoms. The summed E-state index contributed by atoms with van der Waals surface area (Å²) in [5.74, 6) is 0.840. The van der Waals surface area contributed by atoms with Crippen LogP contribution in [-0.4, -0.2) is 51.1 Å². The highest BCUT2D eigenvalue weighted by Gasteiger charge is 2.20. The molecule has 0 aliphatic heterocycles. The highest BCUT2D eigenvalue weighted by atomic mass is 31.2. The van der Waals surface area contributed by atoms with E-state index in [0.717, 1.165) is 35.8 Å². The molecule has 186 valence electrons. The van der Waals surface area contributed by atoms with Gasteiger partial charge in [-0.05, 0) is 17.9 Å². The van der Waals surface area contributed by atoms with E-state index in [4.69, 9.17) is 23.3 Å². The van der Waals surface area contributed by atoms with Crippen molar-refractivity contribution in [3.63, 3.8) is 0 Å². The number of unbranched alkanes of at least 4 members (excludes halogenated alkanes) is 6. The van der Waals surface area contributed by atoms with E-state index in [1.165, 1.54) is 25.7 Å². The maximum Gasteiger partial charge on any atom is 0.472 e. The first kappa shape index (κ1) is 27.8. The lowest BCUT2D eigenvalue weighted by molar-refractivity contribution is 0.0225. The Morgan fingerprint density at radius 3 is 2.09 bits per heavy atom. The second-order valence-electron chi connectivity index (χ2n) is 7.81. The maximum atomic E-state index is 11.8. The molecule has 0 aromatic heterocycles. The van der Waals surface area contributed by atoms with E-state index in [9.17, 15) is 9.46 Å². The lowest BCUT2D eigenvalue weighted by Crippen LogP contribution is -2.12. The number of phosphoric acid groups is 1. The Morgan fingerprint density at radius 2 is 1.30 bits per heavy atom. The van der Waals surface area contributed by atoms with Gasteiger partial charge in [0.25, 0.3) is 0 Å². The number of ether oxygens (including phenoxy) is 3. The SMILES string of the molecule is CCCCCCCCCOP(=O)(O)OCCOCCOCCOc1cccc2ccccc12. The maximum absolute atomic E-state index is 11.8. The zero-order chi connectivity index (χ0) is 23.6. The first-order valence-electron chi connectivity index (χ1n) is 12.0. The molecule has 0 aliphatic rings. The number of benzene rings is 2. The number of fused-ring (bicyclic) bond motifs is 1. The van der Waals surface area contributed by atoms with E-state index >= 15 is 0 Å². The highest BCUT2D eigenvalue weighted by molar-refractivity contribution is 7.47. The third-order valence-corrected chi connectivity index (χ3v) is 6.11. The van der Waals surface area contributed by atoms with E-state index in [0.29, 0.717) is 26.4 Å². The summed E-state index contributed by atoms with van der Waals surface area (Å²) in [5, 5.41) is 2.22. The fraction of sp³-hybridized carbons (Fsp3) is 0.600. The number of phosphoric ester groups is 1. The van der Waals surface area contributed by atoms with Crippen LogP contribution in [0.4, 0.5) is 0 Å². The van der Waals surface area contributed by atoms with Crippen molar-refractivity contribution in [2.45, 2.75) is 51.9 Å². The van der Waals surface area contributed by atoms with Crippen molar-refractivity contribution < 1.29 is 32.7 Å². The Labute approximate surface area is 197 Å². The van der Waals surface area contributed by atoms with E-state index in [2.05, 4.69) is 19.1 Å². The summed E-state index contributed by atoms with van der Waals surface area (Å²) in [7, 11) is -4.00. The fourth-order valence-corrected chi connectivity index (χ4v) is 4.08. The smallest absolute Gasteiger partial charge is 0.472 e. The van der Waals surface area contributed by atoms with Crippen molar-refractivity contribution in [2.75, 3.05) is 46.2 Å². The van der Waals surface area contributed by atoms with Crippen LogP contribution in [0.15, 0.2) is 42.5 Å². The average Bonchev–Trinajstić information content (AvgIpc) is 2.82. The molecule has 0 spiro atoms. The van der Waals surface area contributed by atoms with E-state index in [-0.39, 0.29) is 19.8 Å². The minimum Gasteiger partial charge on any atom is -0.491 e. The molecule has 0 amide bonds. The quantitative estimate of drug-likeness (QED) is 0.179. The lowest BCUT2D eigenvalue weighted by Gasteiger charge is -2.12. The third-order valence-electron chi connectivity index (χ3n) is 5.09. The molecule has 0 heterocycles. The van der Waals surface area contributed by atoms with Crippen LogP contribution in [0.3, 0.4) is 0 Å². The van der Waals surface area contributed by atoms with Crippen molar-refractivity contribution in [1.82, 2.24) is 0 Å². The molecule has 0 saturated carbocycles. The van der Waals surface area contributed by atoms with Crippen LogP contribution in [0, 0.1) is 0 Å². The van der Waals surface area contributed by atoms with Crippen molar-refractivity contribution in [3.8, 4) is 5.75 Å². The molecule has 0 aliphatic carbocycles. The Kier molecular flexibility index (Phi) is 14.3. The van der Waals surface area contributed by atoms with Gasteiger partial charge in [-0.1, -0.05) is 81.8 Å². The van der Waals surface area contributed by atoms with Crippen LogP contribution in [0.2, 0.25) is 0 Å². The summed E-state index contributed by atoms with van der Waals surface area (Å²) in [6.07, 6.45) is 7.85. The summed E-state index contributed by atoms with van der Waals surface area (Å²) in [5.41, 5.74) is 0. The summed E-state index contributed by atoms with van der Waals surface area (Å²) in [6.45, 7) is 4.28. The second kappa shape index (κ2) is 17.0. The van der Waals surface area contributed by atoms with Gasteiger partial charge in [0.05, 0.1) is 39.6 Å². The van der Waals surface area contributed by atoms with Crippen molar-refractivity contribution in [1.29, 1.82) is 0 Å². The number of hydrogen-bond acceptors (Lipinski definition) is 6. The fourth-order valence-electron chi connectivity index (χ4n) is 3.34. The van der Waals surface area contributed by atoms with Gasteiger partial charge in [-0.3, -0.25) is 9.05 Å². The van der Waals surface area contributed by atoms with Crippen LogP contribution < -0.4 is 4.74 Å². The molecule has 1 unspecified atom stereocenters. The zero-order valence-electron chi connectivity index (χ0n) is 19.8. The van der Waals surface area contributed by atoms with Crippen molar-refractivity contribution in [3.05, 3.63) is 42.5 Å². The normalized spacial score (nSPS) is 13.3. The third kappa shape index (κ3) is 12.5. The second-order valence-corrected chi connectivity index (χ2v) is 9.26. The predicted octanol–water partition coefficient (Wildman–Crippen LogP) is 6.14. The monoisotopic (exact) mass is 482 g/mol. The molecule has 0 bridgehead atoms. The number of rotatable bonds is 20. The van der Waals surface area contributed by atoms with Gasteiger partial charge in [0.2, 0.25) is 0 Å². The van der Waals surface area contributed by atoms with Gasteiger partial charge in [0.1, 0.15) is 12.4 Å². The van der Waals surface area contributed by atoms with Gasteiger partial charge in [0, 0.05) is 5.39 Å². The molecule has 2 rings (SSSR count). The van der Waals surface area contributed by atoms with E-state index in [1.54, 1.807) is 0 Å². The summed E-state index contributed by atoms with van der Waals surface area (Å²) < 4.78 is 38.4. The zero-order valence-corrected chi connectivity index (χ0v) is 20.7. The lowest BCUT2D eigenvalue weighted by atomic mass is 10.1. The Hall–Kier alpha value is -1.47. The molecule has 1 atom stereocenters. The summed E-state index contributed by atoms with van der Waals surface area (Å²) in [4.78, 5) is 9.66. The Balaban J connectivity index is 1.41. The van der Waals surface area contributed by atoms with Gasteiger partial charge < -0.3 is 19.1 Å². The van der Waals surface area contributed by atoms with Gasteiger partial charge in [-0.2, -0.15) is 0 Å². The van der Waals surface area contributed by atoms with Crippen molar-refractivity contribution in [2.24, 2.45) is 0 Å². The molecule has 7 nitrogen and oxygen atoms in total.